The van der Waals surface area contributed by atoms with Gasteiger partial charge in [-0.1, -0.05) is 6.92 Å². The van der Waals surface area contributed by atoms with E-state index in [0.29, 0.717) is 18.2 Å². The molecular weight excluding hydrogens is 272 g/mol. The summed E-state index contributed by atoms with van der Waals surface area (Å²) in [4.78, 5) is 18.4. The highest BCUT2D eigenvalue weighted by Gasteiger charge is 2.08. The average molecular weight is 286 g/mol. The minimum atomic E-state index is 0.467. The van der Waals surface area contributed by atoms with Crippen LogP contribution < -0.4 is 11.1 Å². The van der Waals surface area contributed by atoms with Crippen molar-refractivity contribution in [1.82, 2.24) is 19.9 Å². The van der Waals surface area contributed by atoms with Gasteiger partial charge >= 0.3 is 0 Å². The summed E-state index contributed by atoms with van der Waals surface area (Å²) >= 11 is 1.61. The number of nitrogens with zero attached hydrogens (tertiary/aromatic N) is 4. The number of hydrogen-bond acceptors (Lipinski definition) is 7. The minimum Gasteiger partial charge on any atom is -0.384 e. The van der Waals surface area contributed by atoms with E-state index in [1.54, 1.807) is 23.6 Å². The molecule has 3 N–H and O–H groups in total. The van der Waals surface area contributed by atoms with E-state index < -0.39 is 0 Å². The molecule has 0 aliphatic carbocycles. The van der Waals surface area contributed by atoms with Gasteiger partial charge in [0.2, 0.25) is 0 Å². The van der Waals surface area contributed by atoms with Crippen LogP contribution in [0.4, 0.5) is 11.6 Å². The van der Waals surface area contributed by atoms with Gasteiger partial charge in [-0.05, 0) is 17.5 Å². The van der Waals surface area contributed by atoms with E-state index in [4.69, 9.17) is 5.73 Å². The molecule has 3 aromatic heterocycles. The van der Waals surface area contributed by atoms with Crippen molar-refractivity contribution in [3.8, 4) is 0 Å². The second kappa shape index (κ2) is 5.38. The molecule has 0 bridgehead atoms. The van der Waals surface area contributed by atoms with Gasteiger partial charge in [-0.3, -0.25) is 0 Å². The van der Waals surface area contributed by atoms with Gasteiger partial charge in [-0.15, -0.1) is 11.3 Å². The second-order valence-electron chi connectivity index (χ2n) is 4.23. The lowest BCUT2D eigenvalue weighted by molar-refractivity contribution is 0.925. The van der Waals surface area contributed by atoms with Gasteiger partial charge in [0.25, 0.3) is 0 Å². The van der Waals surface area contributed by atoms with E-state index in [9.17, 15) is 0 Å². The van der Waals surface area contributed by atoms with Gasteiger partial charge in [0.15, 0.2) is 0 Å². The second-order valence-corrected chi connectivity index (χ2v) is 5.13. The molecule has 0 saturated heterocycles. The van der Waals surface area contributed by atoms with Crippen LogP contribution in [0, 0.1) is 0 Å². The van der Waals surface area contributed by atoms with Crippen molar-refractivity contribution in [1.29, 1.82) is 0 Å². The monoisotopic (exact) mass is 286 g/mol. The predicted octanol–water partition coefficient (Wildman–Crippen LogP) is 2.24. The van der Waals surface area contributed by atoms with E-state index in [1.807, 2.05) is 18.4 Å². The number of hydrogen-bond donors (Lipinski definition) is 2. The van der Waals surface area contributed by atoms with Gasteiger partial charge in [-0.2, -0.15) is 0 Å². The molecule has 0 radical (unpaired) electrons. The summed E-state index contributed by atoms with van der Waals surface area (Å²) in [6.07, 6.45) is 2.45. The Labute approximate surface area is 120 Å². The maximum atomic E-state index is 5.64. The molecule has 0 aromatic carbocycles. The average Bonchev–Trinajstić information content (AvgIpc) is 2.93. The molecule has 7 heteroatoms. The summed E-state index contributed by atoms with van der Waals surface area (Å²) in [6, 6.07) is 3.68. The summed E-state index contributed by atoms with van der Waals surface area (Å²) in [5, 5.41) is 6.31. The summed E-state index contributed by atoms with van der Waals surface area (Å²) in [7, 11) is 0. The fourth-order valence-electron chi connectivity index (χ4n) is 1.86. The van der Waals surface area contributed by atoms with Crippen LogP contribution in [-0.2, 0) is 13.0 Å². The highest BCUT2D eigenvalue weighted by Crippen LogP contribution is 2.25. The van der Waals surface area contributed by atoms with E-state index in [1.165, 1.54) is 0 Å². The first-order chi connectivity index (χ1) is 9.76. The first kappa shape index (κ1) is 12.7. The zero-order valence-electron chi connectivity index (χ0n) is 11.0. The van der Waals surface area contributed by atoms with Crippen molar-refractivity contribution in [2.24, 2.45) is 0 Å². The summed E-state index contributed by atoms with van der Waals surface area (Å²) < 4.78 is 0. The van der Waals surface area contributed by atoms with Gasteiger partial charge in [0.05, 0.1) is 11.9 Å². The molecule has 3 rings (SSSR count). The third-order valence-corrected chi connectivity index (χ3v) is 3.64. The molecule has 0 aliphatic rings. The molecule has 0 saturated carbocycles. The standard InChI is InChI=1S/C13H14N6S/c1-2-10-18-12(8-4-6-20-13(8)19-10)16-7-11-15-5-3-9(14)17-11/h3-6H,2,7H2,1H3,(H2,14,15,17)(H,16,18,19). The Morgan fingerprint density at radius 2 is 2.10 bits per heavy atom. The van der Waals surface area contributed by atoms with Crippen LogP contribution >= 0.6 is 11.3 Å². The molecule has 102 valence electrons. The third kappa shape index (κ3) is 2.53. The molecule has 3 aromatic rings. The van der Waals surface area contributed by atoms with Crippen LogP contribution in [-0.4, -0.2) is 19.9 Å². The molecule has 20 heavy (non-hydrogen) atoms. The molecule has 6 nitrogen and oxygen atoms in total. The van der Waals surface area contributed by atoms with Crippen LogP contribution in [0.3, 0.4) is 0 Å². The number of aromatic nitrogens is 4. The minimum absolute atomic E-state index is 0.467. The molecule has 0 aliphatic heterocycles. The summed E-state index contributed by atoms with van der Waals surface area (Å²) in [5.41, 5.74) is 5.64. The highest BCUT2D eigenvalue weighted by atomic mass is 32.1. The lowest BCUT2D eigenvalue weighted by atomic mass is 10.3. The molecular formula is C13H14N6S. The van der Waals surface area contributed by atoms with Crippen LogP contribution in [0.2, 0.25) is 0 Å². The molecule has 0 spiro atoms. The lowest BCUT2D eigenvalue weighted by Gasteiger charge is -2.07. The van der Waals surface area contributed by atoms with E-state index in [-0.39, 0.29) is 0 Å². The number of rotatable bonds is 4. The largest absolute Gasteiger partial charge is 0.384 e. The zero-order valence-corrected chi connectivity index (χ0v) is 11.8. The Kier molecular flexibility index (Phi) is 3.42. The van der Waals surface area contributed by atoms with Gasteiger partial charge < -0.3 is 11.1 Å². The maximum Gasteiger partial charge on any atom is 0.149 e. The van der Waals surface area contributed by atoms with Crippen molar-refractivity contribution in [2.45, 2.75) is 19.9 Å². The van der Waals surface area contributed by atoms with E-state index in [0.717, 1.165) is 28.3 Å². The van der Waals surface area contributed by atoms with Crippen molar-refractivity contribution in [2.75, 3.05) is 11.1 Å². The number of nitrogen functional groups attached to an aromatic ring is 1. The molecule has 0 amide bonds. The number of thiophene rings is 1. The normalized spacial score (nSPS) is 10.8. The Hall–Kier alpha value is -2.28. The van der Waals surface area contributed by atoms with E-state index >= 15 is 0 Å². The highest BCUT2D eigenvalue weighted by molar-refractivity contribution is 7.16. The van der Waals surface area contributed by atoms with Gasteiger partial charge in [0.1, 0.15) is 28.1 Å². The fourth-order valence-corrected chi connectivity index (χ4v) is 2.64. The lowest BCUT2D eigenvalue weighted by Crippen LogP contribution is -2.08. The fraction of sp³-hybridized carbons (Fsp3) is 0.231. The Balaban J connectivity index is 1.88. The Bertz CT molecular complexity index is 739. The van der Waals surface area contributed by atoms with Crippen LogP contribution in [0.25, 0.3) is 10.2 Å². The number of anilines is 2. The maximum absolute atomic E-state index is 5.64. The Morgan fingerprint density at radius 1 is 1.20 bits per heavy atom. The summed E-state index contributed by atoms with van der Waals surface area (Å²) in [6.45, 7) is 2.52. The van der Waals surface area contributed by atoms with Crippen molar-refractivity contribution >= 4 is 33.2 Å². The zero-order chi connectivity index (χ0) is 13.9. The topological polar surface area (TPSA) is 89.6 Å². The number of nitrogens with one attached hydrogen (secondary N) is 1. The van der Waals surface area contributed by atoms with Gasteiger partial charge in [0, 0.05) is 12.6 Å². The summed E-state index contributed by atoms with van der Waals surface area (Å²) in [5.74, 6) is 2.76. The van der Waals surface area contributed by atoms with Crippen molar-refractivity contribution in [3.63, 3.8) is 0 Å². The molecule has 0 atom stereocenters. The van der Waals surface area contributed by atoms with E-state index in [2.05, 4.69) is 25.3 Å². The smallest absolute Gasteiger partial charge is 0.149 e. The predicted molar refractivity (Wildman–Crippen MR) is 80.6 cm³/mol. The molecule has 0 fully saturated rings. The third-order valence-electron chi connectivity index (χ3n) is 2.83. The number of nitrogens with two attached hydrogens (primary N) is 1. The van der Waals surface area contributed by atoms with Crippen molar-refractivity contribution in [3.05, 3.63) is 35.4 Å². The first-order valence-corrected chi connectivity index (χ1v) is 7.19. The van der Waals surface area contributed by atoms with Crippen molar-refractivity contribution < 1.29 is 0 Å². The number of aryl methyl sites for hydroxylation is 1. The van der Waals surface area contributed by atoms with Crippen LogP contribution in [0.1, 0.15) is 18.6 Å². The SMILES string of the molecule is CCc1nc(NCc2nccc(N)n2)c2ccsc2n1. The molecule has 0 unspecified atom stereocenters. The quantitative estimate of drug-likeness (QED) is 0.764. The van der Waals surface area contributed by atoms with Crippen LogP contribution in [0.5, 0.6) is 0 Å². The Morgan fingerprint density at radius 3 is 2.90 bits per heavy atom. The first-order valence-electron chi connectivity index (χ1n) is 6.31. The number of fused-ring (bicyclic) bond motifs is 1. The van der Waals surface area contributed by atoms with Crippen LogP contribution in [0.15, 0.2) is 23.7 Å². The molecule has 3 heterocycles. The van der Waals surface area contributed by atoms with Gasteiger partial charge in [-0.25, -0.2) is 19.9 Å².